The van der Waals surface area contributed by atoms with E-state index in [0.717, 1.165) is 12.8 Å². The molecule has 1 fully saturated rings. The summed E-state index contributed by atoms with van der Waals surface area (Å²) in [5.74, 6) is 1.93. The molecule has 0 bridgehead atoms. The highest BCUT2D eigenvalue weighted by Crippen LogP contribution is 2.39. The van der Waals surface area contributed by atoms with E-state index in [0.29, 0.717) is 61.6 Å². The molecule has 30 heavy (non-hydrogen) atoms. The molecule has 0 spiro atoms. The fourth-order valence-corrected chi connectivity index (χ4v) is 3.43. The molecular weight excluding hydrogens is 386 g/mol. The predicted molar refractivity (Wildman–Crippen MR) is 112 cm³/mol. The van der Waals surface area contributed by atoms with Crippen molar-refractivity contribution in [2.24, 2.45) is 0 Å². The van der Waals surface area contributed by atoms with Gasteiger partial charge in [0, 0.05) is 24.4 Å². The fourth-order valence-electron chi connectivity index (χ4n) is 3.43. The van der Waals surface area contributed by atoms with Gasteiger partial charge in [-0.05, 0) is 51.8 Å². The number of ether oxygens (including phenoxy) is 4. The maximum Gasteiger partial charge on any atom is 0.254 e. The summed E-state index contributed by atoms with van der Waals surface area (Å²) in [5, 5.41) is 7.80. The van der Waals surface area contributed by atoms with Gasteiger partial charge in [0.05, 0.1) is 26.4 Å². The Morgan fingerprint density at radius 3 is 2.40 bits per heavy atom. The van der Waals surface area contributed by atoms with Gasteiger partial charge in [-0.1, -0.05) is 0 Å². The molecule has 1 aliphatic heterocycles. The number of nitrogens with zero attached hydrogens (tertiary/aromatic N) is 3. The normalized spacial score (nSPS) is 16.1. The summed E-state index contributed by atoms with van der Waals surface area (Å²) in [6.45, 7) is 8.22. The molecule has 0 aliphatic carbocycles. The van der Waals surface area contributed by atoms with E-state index in [1.807, 2.05) is 20.8 Å². The van der Waals surface area contributed by atoms with Gasteiger partial charge in [0.1, 0.15) is 6.10 Å². The SMILES string of the molecule is CCOc1cc(C(=O)N2CCCC(Oc3cccnn3)C2)cc(OCC)c1OCC. The number of amides is 1. The van der Waals surface area contributed by atoms with E-state index in [9.17, 15) is 4.79 Å². The van der Waals surface area contributed by atoms with Gasteiger partial charge in [-0.2, -0.15) is 5.10 Å². The van der Waals surface area contributed by atoms with Crippen LogP contribution in [0.15, 0.2) is 30.5 Å². The molecular formula is C22H29N3O5. The van der Waals surface area contributed by atoms with E-state index in [-0.39, 0.29) is 12.0 Å². The molecule has 1 aliphatic rings. The first-order valence-electron chi connectivity index (χ1n) is 10.5. The molecule has 3 rings (SSSR count). The molecule has 1 aromatic carbocycles. The van der Waals surface area contributed by atoms with E-state index >= 15 is 0 Å². The number of aromatic nitrogens is 2. The molecule has 162 valence electrons. The van der Waals surface area contributed by atoms with Gasteiger partial charge in [0.25, 0.3) is 5.91 Å². The van der Waals surface area contributed by atoms with Crippen molar-refractivity contribution in [1.82, 2.24) is 15.1 Å². The van der Waals surface area contributed by atoms with Gasteiger partial charge >= 0.3 is 0 Å². The predicted octanol–water partition coefficient (Wildman–Crippen LogP) is 3.36. The average Bonchev–Trinajstić information content (AvgIpc) is 2.76. The first-order chi connectivity index (χ1) is 14.7. The summed E-state index contributed by atoms with van der Waals surface area (Å²) in [6, 6.07) is 7.00. The van der Waals surface area contributed by atoms with Crippen LogP contribution in [0.1, 0.15) is 44.0 Å². The number of benzene rings is 1. The second-order valence-corrected chi connectivity index (χ2v) is 6.80. The number of hydrogen-bond acceptors (Lipinski definition) is 7. The van der Waals surface area contributed by atoms with Gasteiger partial charge in [-0.3, -0.25) is 4.79 Å². The smallest absolute Gasteiger partial charge is 0.254 e. The Balaban J connectivity index is 1.80. The van der Waals surface area contributed by atoms with E-state index in [1.54, 1.807) is 35.4 Å². The largest absolute Gasteiger partial charge is 0.490 e. The van der Waals surface area contributed by atoms with Crippen molar-refractivity contribution < 1.29 is 23.7 Å². The second kappa shape index (κ2) is 10.7. The Labute approximate surface area is 177 Å². The van der Waals surface area contributed by atoms with Crippen molar-refractivity contribution in [3.05, 3.63) is 36.0 Å². The number of piperidine rings is 1. The van der Waals surface area contributed by atoms with E-state index in [1.165, 1.54) is 0 Å². The third-order valence-corrected chi connectivity index (χ3v) is 4.66. The Morgan fingerprint density at radius 1 is 1.10 bits per heavy atom. The highest BCUT2D eigenvalue weighted by Gasteiger charge is 2.28. The van der Waals surface area contributed by atoms with Crippen LogP contribution in [0, 0.1) is 0 Å². The minimum Gasteiger partial charge on any atom is -0.490 e. The number of rotatable bonds is 9. The topological polar surface area (TPSA) is 83.0 Å². The first kappa shape index (κ1) is 21.7. The average molecular weight is 415 g/mol. The van der Waals surface area contributed by atoms with Gasteiger partial charge in [0.15, 0.2) is 11.5 Å². The van der Waals surface area contributed by atoms with Crippen LogP contribution in [0.2, 0.25) is 0 Å². The maximum absolute atomic E-state index is 13.3. The Hall–Kier alpha value is -3.03. The number of hydrogen-bond donors (Lipinski definition) is 0. The van der Waals surface area contributed by atoms with Crippen molar-refractivity contribution in [2.75, 3.05) is 32.9 Å². The molecule has 1 atom stereocenters. The minimum atomic E-state index is -0.125. The molecule has 0 radical (unpaired) electrons. The van der Waals surface area contributed by atoms with Crippen molar-refractivity contribution >= 4 is 5.91 Å². The number of carbonyl (C=O) groups excluding carboxylic acids is 1. The summed E-state index contributed by atoms with van der Waals surface area (Å²) >= 11 is 0. The zero-order valence-electron chi connectivity index (χ0n) is 17.8. The minimum absolute atomic E-state index is 0.0904. The molecule has 2 aromatic rings. The summed E-state index contributed by atoms with van der Waals surface area (Å²) in [4.78, 5) is 15.1. The van der Waals surface area contributed by atoms with Crippen LogP contribution in [0.4, 0.5) is 0 Å². The van der Waals surface area contributed by atoms with Crippen molar-refractivity contribution in [3.63, 3.8) is 0 Å². The quantitative estimate of drug-likeness (QED) is 0.621. The van der Waals surface area contributed by atoms with Crippen LogP contribution >= 0.6 is 0 Å². The highest BCUT2D eigenvalue weighted by molar-refractivity contribution is 5.95. The number of likely N-dealkylation sites (tertiary alicyclic amines) is 1. The van der Waals surface area contributed by atoms with Gasteiger partial charge in [0.2, 0.25) is 11.6 Å². The molecule has 1 amide bonds. The summed E-state index contributed by atoms with van der Waals surface area (Å²) < 4.78 is 23.1. The number of carbonyl (C=O) groups is 1. The molecule has 0 saturated carbocycles. The monoisotopic (exact) mass is 415 g/mol. The summed E-state index contributed by atoms with van der Waals surface area (Å²) in [6.07, 6.45) is 3.18. The summed E-state index contributed by atoms with van der Waals surface area (Å²) in [7, 11) is 0. The van der Waals surface area contributed by atoms with Gasteiger partial charge in [-0.15, -0.1) is 5.10 Å². The van der Waals surface area contributed by atoms with Crippen molar-refractivity contribution in [2.45, 2.75) is 39.7 Å². The molecule has 8 nitrogen and oxygen atoms in total. The molecule has 0 N–H and O–H groups in total. The second-order valence-electron chi connectivity index (χ2n) is 6.80. The van der Waals surface area contributed by atoms with Crippen LogP contribution in [0.3, 0.4) is 0 Å². The third kappa shape index (κ3) is 5.31. The molecule has 1 aromatic heterocycles. The molecule has 1 unspecified atom stereocenters. The lowest BCUT2D eigenvalue weighted by Gasteiger charge is -2.32. The van der Waals surface area contributed by atoms with Gasteiger partial charge in [-0.25, -0.2) is 0 Å². The Bertz CT molecular complexity index is 804. The van der Waals surface area contributed by atoms with Crippen LogP contribution in [0.25, 0.3) is 0 Å². The van der Waals surface area contributed by atoms with Crippen LogP contribution < -0.4 is 18.9 Å². The standard InChI is InChI=1S/C22H29N3O5/c1-4-27-18-13-16(14-19(28-5-2)21(18)29-6-3)22(26)25-12-8-9-17(15-25)30-20-10-7-11-23-24-20/h7,10-11,13-14,17H,4-6,8-9,12,15H2,1-3H3. The van der Waals surface area contributed by atoms with Crippen molar-refractivity contribution in [3.8, 4) is 23.1 Å². The first-order valence-corrected chi connectivity index (χ1v) is 10.5. The van der Waals surface area contributed by atoms with Crippen LogP contribution in [-0.2, 0) is 0 Å². The molecule has 1 saturated heterocycles. The van der Waals surface area contributed by atoms with E-state index in [4.69, 9.17) is 18.9 Å². The Kier molecular flexibility index (Phi) is 7.70. The molecule has 8 heteroatoms. The van der Waals surface area contributed by atoms with E-state index in [2.05, 4.69) is 10.2 Å². The lowest BCUT2D eigenvalue weighted by molar-refractivity contribution is 0.0524. The zero-order valence-corrected chi connectivity index (χ0v) is 17.8. The van der Waals surface area contributed by atoms with Crippen molar-refractivity contribution in [1.29, 1.82) is 0 Å². The zero-order chi connectivity index (χ0) is 21.3. The lowest BCUT2D eigenvalue weighted by atomic mass is 10.1. The highest BCUT2D eigenvalue weighted by atomic mass is 16.5. The van der Waals surface area contributed by atoms with Gasteiger partial charge < -0.3 is 23.8 Å². The fraction of sp³-hybridized carbons (Fsp3) is 0.500. The molecule has 2 heterocycles. The van der Waals surface area contributed by atoms with Crippen LogP contribution in [0.5, 0.6) is 23.1 Å². The summed E-state index contributed by atoms with van der Waals surface area (Å²) in [5.41, 5.74) is 0.505. The maximum atomic E-state index is 13.3. The van der Waals surface area contributed by atoms with E-state index < -0.39 is 0 Å². The van der Waals surface area contributed by atoms with Crippen LogP contribution in [-0.4, -0.2) is 60.0 Å². The lowest BCUT2D eigenvalue weighted by Crippen LogP contribution is -2.44. The third-order valence-electron chi connectivity index (χ3n) is 4.66. The Morgan fingerprint density at radius 2 is 1.80 bits per heavy atom.